The molecule has 1 atom stereocenters. The van der Waals surface area contributed by atoms with Crippen LogP contribution in [0.2, 0.25) is 0 Å². The first-order valence-corrected chi connectivity index (χ1v) is 10.7. The van der Waals surface area contributed by atoms with Gasteiger partial charge in [-0.15, -0.1) is 0 Å². The van der Waals surface area contributed by atoms with Gasteiger partial charge in [0.25, 0.3) is 0 Å². The van der Waals surface area contributed by atoms with Crippen LogP contribution in [0.15, 0.2) is 42.5 Å². The molecule has 0 spiro atoms. The van der Waals surface area contributed by atoms with E-state index in [1.807, 2.05) is 70.2 Å². The van der Waals surface area contributed by atoms with E-state index in [4.69, 9.17) is 9.47 Å². The van der Waals surface area contributed by atoms with Gasteiger partial charge in [-0.2, -0.15) is 0 Å². The Balaban J connectivity index is 1.72. The lowest BCUT2D eigenvalue weighted by Gasteiger charge is -2.31. The molecule has 0 bridgehead atoms. The van der Waals surface area contributed by atoms with E-state index in [9.17, 15) is 9.59 Å². The summed E-state index contributed by atoms with van der Waals surface area (Å²) < 4.78 is 10.8. The molecule has 2 aromatic carbocycles. The maximum absolute atomic E-state index is 13.2. The van der Waals surface area contributed by atoms with Crippen molar-refractivity contribution in [1.29, 1.82) is 0 Å². The van der Waals surface area contributed by atoms with E-state index in [1.165, 1.54) is 0 Å². The third-order valence-corrected chi connectivity index (χ3v) is 5.20. The van der Waals surface area contributed by atoms with E-state index in [2.05, 4.69) is 5.32 Å². The van der Waals surface area contributed by atoms with Gasteiger partial charge in [0.1, 0.15) is 6.04 Å². The molecular formula is C25H32N2O4. The number of hydrogen-bond acceptors (Lipinski definition) is 4. The zero-order chi connectivity index (χ0) is 22.6. The van der Waals surface area contributed by atoms with Crippen molar-refractivity contribution in [1.82, 2.24) is 10.2 Å². The number of aryl methyl sites for hydroxylation is 2. The van der Waals surface area contributed by atoms with Crippen molar-refractivity contribution in [2.24, 2.45) is 0 Å². The summed E-state index contributed by atoms with van der Waals surface area (Å²) in [6.07, 6.45) is 0.867. The van der Waals surface area contributed by atoms with Crippen molar-refractivity contribution in [3.05, 3.63) is 59.2 Å². The van der Waals surface area contributed by atoms with Gasteiger partial charge < -0.3 is 19.7 Å². The largest absolute Gasteiger partial charge is 0.454 e. The Labute approximate surface area is 184 Å². The Hall–Kier alpha value is -3.02. The third kappa shape index (κ3) is 6.23. The molecule has 6 nitrogen and oxygen atoms in total. The maximum atomic E-state index is 13.2. The predicted molar refractivity (Wildman–Crippen MR) is 120 cm³/mol. The quantitative estimate of drug-likeness (QED) is 0.730. The van der Waals surface area contributed by atoms with Gasteiger partial charge in [-0.1, -0.05) is 35.9 Å². The van der Waals surface area contributed by atoms with Gasteiger partial charge in [-0.25, -0.2) is 0 Å². The summed E-state index contributed by atoms with van der Waals surface area (Å²) in [6.45, 7) is 10.2. The Morgan fingerprint density at radius 3 is 2.35 bits per heavy atom. The van der Waals surface area contributed by atoms with Gasteiger partial charge in [0.05, 0.1) is 0 Å². The fourth-order valence-corrected chi connectivity index (χ4v) is 3.44. The zero-order valence-electron chi connectivity index (χ0n) is 19.0. The standard InChI is InChI=1S/C25H32N2O4/c1-17-6-8-20(9-7-17)15-27(18(2)24(29)26-25(3,4)5)23(28)13-11-19-10-12-21-22(14-19)31-16-30-21/h6-10,12,14,18H,11,13,15-16H2,1-5H3,(H,26,29)/t18-/m1/s1. The molecule has 1 N–H and O–H groups in total. The van der Waals surface area contributed by atoms with Crippen LogP contribution in [-0.4, -0.2) is 35.1 Å². The van der Waals surface area contributed by atoms with Gasteiger partial charge in [0.2, 0.25) is 18.6 Å². The molecule has 2 amide bonds. The number of ether oxygens (including phenoxy) is 2. The van der Waals surface area contributed by atoms with Crippen LogP contribution in [0.4, 0.5) is 0 Å². The van der Waals surface area contributed by atoms with E-state index in [0.29, 0.717) is 25.1 Å². The molecule has 1 aliphatic heterocycles. The molecular weight excluding hydrogens is 392 g/mol. The number of fused-ring (bicyclic) bond motifs is 1. The maximum Gasteiger partial charge on any atom is 0.242 e. The topological polar surface area (TPSA) is 67.9 Å². The second-order valence-corrected chi connectivity index (χ2v) is 9.11. The lowest BCUT2D eigenvalue weighted by molar-refractivity contribution is -0.141. The number of carbonyl (C=O) groups is 2. The molecule has 166 valence electrons. The van der Waals surface area contributed by atoms with Crippen molar-refractivity contribution in [2.75, 3.05) is 6.79 Å². The van der Waals surface area contributed by atoms with Crippen LogP contribution < -0.4 is 14.8 Å². The van der Waals surface area contributed by atoms with E-state index in [1.54, 1.807) is 11.8 Å². The third-order valence-electron chi connectivity index (χ3n) is 5.20. The molecule has 0 aliphatic carbocycles. The second-order valence-electron chi connectivity index (χ2n) is 9.11. The lowest BCUT2D eigenvalue weighted by atomic mass is 10.1. The first-order valence-electron chi connectivity index (χ1n) is 10.7. The van der Waals surface area contributed by atoms with Gasteiger partial charge in [-0.05, 0) is 64.3 Å². The van der Waals surface area contributed by atoms with Crippen LogP contribution >= 0.6 is 0 Å². The predicted octanol–water partition coefficient (Wildman–Crippen LogP) is 3.99. The van der Waals surface area contributed by atoms with Gasteiger partial charge in [0.15, 0.2) is 11.5 Å². The lowest BCUT2D eigenvalue weighted by Crippen LogP contribution is -2.52. The molecule has 1 aliphatic rings. The van der Waals surface area contributed by atoms with Crippen LogP contribution in [0.25, 0.3) is 0 Å². The minimum Gasteiger partial charge on any atom is -0.454 e. The van der Waals surface area contributed by atoms with E-state index in [-0.39, 0.29) is 24.1 Å². The smallest absolute Gasteiger partial charge is 0.242 e. The summed E-state index contributed by atoms with van der Waals surface area (Å²) in [7, 11) is 0. The molecule has 0 saturated heterocycles. The molecule has 0 radical (unpaired) electrons. The van der Waals surface area contributed by atoms with Crippen LogP contribution in [0, 0.1) is 6.92 Å². The van der Waals surface area contributed by atoms with Crippen molar-refractivity contribution >= 4 is 11.8 Å². The molecule has 0 unspecified atom stereocenters. The van der Waals surface area contributed by atoms with E-state index < -0.39 is 6.04 Å². The van der Waals surface area contributed by atoms with E-state index in [0.717, 1.165) is 22.4 Å². The Morgan fingerprint density at radius 2 is 1.68 bits per heavy atom. The summed E-state index contributed by atoms with van der Waals surface area (Å²) in [5.41, 5.74) is 2.79. The summed E-state index contributed by atoms with van der Waals surface area (Å²) >= 11 is 0. The number of nitrogens with zero attached hydrogens (tertiary/aromatic N) is 1. The highest BCUT2D eigenvalue weighted by atomic mass is 16.7. The normalized spacial score (nSPS) is 13.6. The highest BCUT2D eigenvalue weighted by Gasteiger charge is 2.28. The number of amides is 2. The monoisotopic (exact) mass is 424 g/mol. The number of carbonyl (C=O) groups excluding carboxylic acids is 2. The number of nitrogens with one attached hydrogen (secondary N) is 1. The summed E-state index contributed by atoms with van der Waals surface area (Å²) in [5, 5.41) is 2.99. The fraction of sp³-hybridized carbons (Fsp3) is 0.440. The van der Waals surface area contributed by atoms with Crippen LogP contribution in [0.1, 0.15) is 50.8 Å². The van der Waals surface area contributed by atoms with Crippen LogP contribution in [0.3, 0.4) is 0 Å². The fourth-order valence-electron chi connectivity index (χ4n) is 3.44. The molecule has 1 heterocycles. The molecule has 0 aromatic heterocycles. The second kappa shape index (κ2) is 9.41. The highest BCUT2D eigenvalue weighted by molar-refractivity contribution is 5.87. The highest BCUT2D eigenvalue weighted by Crippen LogP contribution is 2.32. The van der Waals surface area contributed by atoms with Gasteiger partial charge >= 0.3 is 0 Å². The Bertz CT molecular complexity index is 932. The molecule has 3 rings (SSSR count). The zero-order valence-corrected chi connectivity index (χ0v) is 19.0. The molecule has 0 saturated carbocycles. The minimum atomic E-state index is -0.579. The number of rotatable bonds is 7. The Kier molecular flexibility index (Phi) is 6.88. The number of hydrogen-bond donors (Lipinski definition) is 1. The van der Waals surface area contributed by atoms with Crippen molar-refractivity contribution in [3.63, 3.8) is 0 Å². The molecule has 31 heavy (non-hydrogen) atoms. The average Bonchev–Trinajstić information content (AvgIpc) is 3.17. The van der Waals surface area contributed by atoms with Crippen LogP contribution in [-0.2, 0) is 22.6 Å². The first kappa shape index (κ1) is 22.7. The summed E-state index contributed by atoms with van der Waals surface area (Å²) in [5.74, 6) is 1.22. The summed E-state index contributed by atoms with van der Waals surface area (Å²) in [6, 6.07) is 13.2. The Morgan fingerprint density at radius 1 is 1.03 bits per heavy atom. The van der Waals surface area contributed by atoms with Crippen molar-refractivity contribution in [3.8, 4) is 11.5 Å². The molecule has 0 fully saturated rings. The summed E-state index contributed by atoms with van der Waals surface area (Å²) in [4.78, 5) is 27.7. The molecule has 6 heteroatoms. The van der Waals surface area contributed by atoms with Crippen molar-refractivity contribution in [2.45, 2.75) is 65.6 Å². The minimum absolute atomic E-state index is 0.0604. The van der Waals surface area contributed by atoms with Gasteiger partial charge in [0, 0.05) is 18.5 Å². The molecule has 2 aromatic rings. The van der Waals surface area contributed by atoms with Crippen molar-refractivity contribution < 1.29 is 19.1 Å². The average molecular weight is 425 g/mol. The SMILES string of the molecule is Cc1ccc(CN(C(=O)CCc2ccc3c(c2)OCO3)[C@H](C)C(=O)NC(C)(C)C)cc1. The number of benzene rings is 2. The van der Waals surface area contributed by atoms with Crippen LogP contribution in [0.5, 0.6) is 11.5 Å². The van der Waals surface area contributed by atoms with E-state index >= 15 is 0 Å². The van der Waals surface area contributed by atoms with Gasteiger partial charge in [-0.3, -0.25) is 9.59 Å². The first-order chi connectivity index (χ1) is 14.6.